The highest BCUT2D eigenvalue weighted by Gasteiger charge is 2.27. The van der Waals surface area contributed by atoms with Crippen LogP contribution in [0.25, 0.3) is 0 Å². The average molecular weight is 308 g/mol. The third-order valence-electron chi connectivity index (χ3n) is 4.70. The fraction of sp³-hybridized carbons (Fsp3) is 0.647. The standard InChI is InChI=1S/C17H26ClN3/c1-14-12-21(10-7-19-14)17(13-20-8-2-3-9-20)15-5-4-6-16(18)11-15/h4-6,11,14,17,19H,2-3,7-10,12-13H2,1H3. The Hall–Kier alpha value is -0.610. The summed E-state index contributed by atoms with van der Waals surface area (Å²) in [7, 11) is 0. The van der Waals surface area contributed by atoms with Gasteiger partial charge in [0, 0.05) is 43.3 Å². The van der Waals surface area contributed by atoms with Gasteiger partial charge in [0.2, 0.25) is 0 Å². The van der Waals surface area contributed by atoms with Crippen LogP contribution in [0.4, 0.5) is 0 Å². The summed E-state index contributed by atoms with van der Waals surface area (Å²) in [5, 5.41) is 4.39. The molecule has 0 aliphatic carbocycles. The van der Waals surface area contributed by atoms with E-state index in [9.17, 15) is 0 Å². The van der Waals surface area contributed by atoms with Gasteiger partial charge in [-0.15, -0.1) is 0 Å². The molecule has 0 bridgehead atoms. The smallest absolute Gasteiger partial charge is 0.0476 e. The first kappa shape index (κ1) is 15.3. The number of likely N-dealkylation sites (tertiary alicyclic amines) is 1. The molecule has 2 heterocycles. The van der Waals surface area contributed by atoms with Gasteiger partial charge in [0.1, 0.15) is 0 Å². The lowest BCUT2D eigenvalue weighted by Crippen LogP contribution is -2.52. The van der Waals surface area contributed by atoms with Gasteiger partial charge in [0.25, 0.3) is 0 Å². The molecule has 3 rings (SSSR count). The zero-order valence-corrected chi connectivity index (χ0v) is 13.6. The van der Waals surface area contributed by atoms with Crippen LogP contribution < -0.4 is 5.32 Å². The number of halogens is 1. The first-order valence-electron chi connectivity index (χ1n) is 8.17. The molecular formula is C17H26ClN3. The van der Waals surface area contributed by atoms with Crippen LogP contribution in [0.1, 0.15) is 31.4 Å². The molecule has 2 atom stereocenters. The minimum atomic E-state index is 0.464. The number of piperazine rings is 1. The lowest BCUT2D eigenvalue weighted by molar-refractivity contribution is 0.117. The second-order valence-corrected chi connectivity index (χ2v) is 6.87. The van der Waals surface area contributed by atoms with E-state index in [0.717, 1.165) is 31.2 Å². The normalized spacial score (nSPS) is 26.1. The van der Waals surface area contributed by atoms with E-state index < -0.39 is 0 Å². The van der Waals surface area contributed by atoms with Gasteiger partial charge in [0.05, 0.1) is 0 Å². The predicted octanol–water partition coefficient (Wildman–Crippen LogP) is 2.77. The number of nitrogens with one attached hydrogen (secondary N) is 1. The van der Waals surface area contributed by atoms with Crippen molar-refractivity contribution in [3.8, 4) is 0 Å². The van der Waals surface area contributed by atoms with Crippen LogP contribution in [0.2, 0.25) is 5.02 Å². The van der Waals surface area contributed by atoms with Crippen LogP contribution in [0.3, 0.4) is 0 Å². The summed E-state index contributed by atoms with van der Waals surface area (Å²) in [4.78, 5) is 5.24. The van der Waals surface area contributed by atoms with Gasteiger partial charge < -0.3 is 10.2 Å². The average Bonchev–Trinajstić information content (AvgIpc) is 2.98. The van der Waals surface area contributed by atoms with Crippen LogP contribution >= 0.6 is 11.6 Å². The van der Waals surface area contributed by atoms with Gasteiger partial charge in [-0.2, -0.15) is 0 Å². The molecule has 2 aliphatic heterocycles. The van der Waals surface area contributed by atoms with Crippen molar-refractivity contribution in [3.05, 3.63) is 34.9 Å². The second kappa shape index (κ2) is 7.10. The van der Waals surface area contributed by atoms with Crippen LogP contribution in [-0.2, 0) is 0 Å². The molecule has 0 amide bonds. The van der Waals surface area contributed by atoms with Crippen molar-refractivity contribution in [3.63, 3.8) is 0 Å². The molecule has 3 nitrogen and oxygen atoms in total. The molecule has 0 aromatic heterocycles. The molecular weight excluding hydrogens is 282 g/mol. The molecule has 1 aromatic carbocycles. The Morgan fingerprint density at radius 2 is 2.10 bits per heavy atom. The van der Waals surface area contributed by atoms with Crippen LogP contribution in [0, 0.1) is 0 Å². The highest BCUT2D eigenvalue weighted by Crippen LogP contribution is 2.26. The van der Waals surface area contributed by atoms with E-state index in [2.05, 4.69) is 40.2 Å². The van der Waals surface area contributed by atoms with Crippen molar-refractivity contribution in [2.45, 2.75) is 31.8 Å². The minimum absolute atomic E-state index is 0.464. The van der Waals surface area contributed by atoms with E-state index >= 15 is 0 Å². The van der Waals surface area contributed by atoms with E-state index in [1.807, 2.05) is 6.07 Å². The van der Waals surface area contributed by atoms with Crippen molar-refractivity contribution in [2.24, 2.45) is 0 Å². The Morgan fingerprint density at radius 3 is 2.81 bits per heavy atom. The summed E-state index contributed by atoms with van der Waals surface area (Å²) in [5.41, 5.74) is 1.36. The lowest BCUT2D eigenvalue weighted by Gasteiger charge is -2.39. The molecule has 0 radical (unpaired) electrons. The molecule has 21 heavy (non-hydrogen) atoms. The molecule has 2 fully saturated rings. The zero-order valence-electron chi connectivity index (χ0n) is 12.9. The van der Waals surface area contributed by atoms with Gasteiger partial charge in [-0.1, -0.05) is 23.7 Å². The monoisotopic (exact) mass is 307 g/mol. The van der Waals surface area contributed by atoms with Crippen LogP contribution in [0.15, 0.2) is 24.3 Å². The highest BCUT2D eigenvalue weighted by molar-refractivity contribution is 6.30. The van der Waals surface area contributed by atoms with Gasteiger partial charge >= 0.3 is 0 Å². The molecule has 1 aromatic rings. The van der Waals surface area contributed by atoms with Crippen molar-refractivity contribution in [1.82, 2.24) is 15.1 Å². The Kier molecular flexibility index (Phi) is 5.17. The topological polar surface area (TPSA) is 18.5 Å². The van der Waals surface area contributed by atoms with E-state index in [0.29, 0.717) is 12.1 Å². The maximum Gasteiger partial charge on any atom is 0.0476 e. The Labute approximate surface area is 133 Å². The maximum absolute atomic E-state index is 6.23. The summed E-state index contributed by atoms with van der Waals surface area (Å²) < 4.78 is 0. The quantitative estimate of drug-likeness (QED) is 0.923. The molecule has 1 N–H and O–H groups in total. The summed E-state index contributed by atoms with van der Waals surface area (Å²) in [5.74, 6) is 0. The summed E-state index contributed by atoms with van der Waals surface area (Å²) >= 11 is 6.23. The third kappa shape index (κ3) is 3.98. The Balaban J connectivity index is 1.79. The minimum Gasteiger partial charge on any atom is -0.312 e. The van der Waals surface area contributed by atoms with Crippen molar-refractivity contribution in [2.75, 3.05) is 39.3 Å². The molecule has 4 heteroatoms. The van der Waals surface area contributed by atoms with E-state index in [1.54, 1.807) is 0 Å². The molecule has 2 aliphatic rings. The summed E-state index contributed by atoms with van der Waals surface area (Å²) in [6, 6.07) is 9.47. The predicted molar refractivity (Wildman–Crippen MR) is 88.9 cm³/mol. The van der Waals surface area contributed by atoms with E-state index in [1.165, 1.54) is 31.5 Å². The van der Waals surface area contributed by atoms with E-state index in [-0.39, 0.29) is 0 Å². The van der Waals surface area contributed by atoms with Gasteiger partial charge in [-0.05, 0) is 50.6 Å². The molecule has 116 valence electrons. The number of hydrogen-bond acceptors (Lipinski definition) is 3. The number of benzene rings is 1. The zero-order chi connectivity index (χ0) is 14.7. The van der Waals surface area contributed by atoms with Crippen molar-refractivity contribution >= 4 is 11.6 Å². The second-order valence-electron chi connectivity index (χ2n) is 6.43. The molecule has 0 saturated carbocycles. The summed E-state index contributed by atoms with van der Waals surface area (Å²) in [6.07, 6.45) is 2.69. The van der Waals surface area contributed by atoms with Crippen molar-refractivity contribution < 1.29 is 0 Å². The largest absolute Gasteiger partial charge is 0.312 e. The number of rotatable bonds is 4. The maximum atomic E-state index is 6.23. The molecule has 2 saturated heterocycles. The SMILES string of the molecule is CC1CN(C(CN2CCCC2)c2cccc(Cl)c2)CCN1. The first-order valence-corrected chi connectivity index (χ1v) is 8.55. The first-order chi connectivity index (χ1) is 10.2. The molecule has 2 unspecified atom stereocenters. The Morgan fingerprint density at radius 1 is 1.29 bits per heavy atom. The van der Waals surface area contributed by atoms with Gasteiger partial charge in [0.15, 0.2) is 0 Å². The van der Waals surface area contributed by atoms with E-state index in [4.69, 9.17) is 11.6 Å². The van der Waals surface area contributed by atoms with Crippen LogP contribution in [-0.4, -0.2) is 55.1 Å². The highest BCUT2D eigenvalue weighted by atomic mass is 35.5. The van der Waals surface area contributed by atoms with Crippen LogP contribution in [0.5, 0.6) is 0 Å². The fourth-order valence-corrected chi connectivity index (χ4v) is 3.80. The van der Waals surface area contributed by atoms with Gasteiger partial charge in [-0.25, -0.2) is 0 Å². The number of hydrogen-bond donors (Lipinski definition) is 1. The lowest BCUT2D eigenvalue weighted by atomic mass is 10.0. The summed E-state index contributed by atoms with van der Waals surface area (Å²) in [6.45, 7) is 9.22. The van der Waals surface area contributed by atoms with Crippen molar-refractivity contribution in [1.29, 1.82) is 0 Å². The van der Waals surface area contributed by atoms with Gasteiger partial charge in [-0.3, -0.25) is 4.90 Å². The molecule has 0 spiro atoms. The fourth-order valence-electron chi connectivity index (χ4n) is 3.60. The Bertz CT molecular complexity index is 459. The third-order valence-corrected chi connectivity index (χ3v) is 4.94. The number of nitrogens with zero attached hydrogens (tertiary/aromatic N) is 2.